The summed E-state index contributed by atoms with van der Waals surface area (Å²) in [5, 5.41) is 0. The first-order valence-corrected chi connectivity index (χ1v) is 6.20. The number of hydrogen-bond acceptors (Lipinski definition) is 3. The number of benzene rings is 1. The van der Waals surface area contributed by atoms with E-state index in [9.17, 15) is 0 Å². The summed E-state index contributed by atoms with van der Waals surface area (Å²) in [6.45, 7) is 6.08. The summed E-state index contributed by atoms with van der Waals surface area (Å²) in [4.78, 5) is 0. The molecule has 2 N–H and O–H groups in total. The Bertz CT molecular complexity index is 319. The second kappa shape index (κ2) is 6.76. The Balaban J connectivity index is 2.47. The normalized spacial score (nSPS) is 10.4. The summed E-state index contributed by atoms with van der Waals surface area (Å²) in [6, 6.07) is 3.85. The summed E-state index contributed by atoms with van der Waals surface area (Å²) < 4.78 is 11.9. The fourth-order valence-corrected chi connectivity index (χ4v) is 2.02. The molecule has 3 nitrogen and oxygen atoms in total. The van der Waals surface area contributed by atoms with E-state index in [0.717, 1.165) is 35.4 Å². The van der Waals surface area contributed by atoms with E-state index in [2.05, 4.69) is 15.9 Å². The Labute approximate surface area is 105 Å². The monoisotopic (exact) mass is 287 g/mol. The van der Waals surface area contributed by atoms with E-state index in [-0.39, 0.29) is 0 Å². The van der Waals surface area contributed by atoms with Crippen molar-refractivity contribution >= 4 is 21.6 Å². The van der Waals surface area contributed by atoms with Crippen LogP contribution in [0.2, 0.25) is 0 Å². The average Bonchev–Trinajstić information content (AvgIpc) is 2.20. The first-order chi connectivity index (χ1) is 7.65. The largest absolute Gasteiger partial charge is 0.491 e. The van der Waals surface area contributed by atoms with Crippen molar-refractivity contribution in [2.45, 2.75) is 20.3 Å². The van der Waals surface area contributed by atoms with E-state index in [1.54, 1.807) is 0 Å². The smallest absolute Gasteiger partial charge is 0.145 e. The highest BCUT2D eigenvalue weighted by atomic mass is 79.9. The molecule has 0 unspecified atom stereocenters. The number of anilines is 1. The van der Waals surface area contributed by atoms with Crippen LogP contribution in [-0.4, -0.2) is 19.8 Å². The van der Waals surface area contributed by atoms with Gasteiger partial charge < -0.3 is 15.2 Å². The van der Waals surface area contributed by atoms with Crippen LogP contribution < -0.4 is 10.5 Å². The van der Waals surface area contributed by atoms with Crippen molar-refractivity contribution in [2.24, 2.45) is 0 Å². The molecule has 0 amide bonds. The van der Waals surface area contributed by atoms with E-state index < -0.39 is 0 Å². The molecular formula is C12H18BrNO2. The molecule has 0 fully saturated rings. The number of halogens is 1. The molecule has 90 valence electrons. The van der Waals surface area contributed by atoms with Crippen molar-refractivity contribution in [2.75, 3.05) is 25.6 Å². The summed E-state index contributed by atoms with van der Waals surface area (Å²) in [6.07, 6.45) is 0.878. The first kappa shape index (κ1) is 13.3. The van der Waals surface area contributed by atoms with Crippen LogP contribution in [0.5, 0.6) is 5.75 Å². The Morgan fingerprint density at radius 2 is 2.06 bits per heavy atom. The van der Waals surface area contributed by atoms with Gasteiger partial charge in [-0.25, -0.2) is 0 Å². The zero-order valence-electron chi connectivity index (χ0n) is 9.75. The van der Waals surface area contributed by atoms with Gasteiger partial charge in [-0.2, -0.15) is 0 Å². The zero-order valence-corrected chi connectivity index (χ0v) is 11.3. The van der Waals surface area contributed by atoms with Gasteiger partial charge in [0, 0.05) is 24.1 Å². The predicted octanol–water partition coefficient (Wildman–Crippen LogP) is 3.15. The van der Waals surface area contributed by atoms with Crippen molar-refractivity contribution in [1.29, 1.82) is 0 Å². The van der Waals surface area contributed by atoms with Crippen LogP contribution in [0.15, 0.2) is 16.6 Å². The lowest BCUT2D eigenvalue weighted by Gasteiger charge is -2.12. The second-order valence-corrected chi connectivity index (χ2v) is 4.46. The third-order valence-electron chi connectivity index (χ3n) is 2.15. The van der Waals surface area contributed by atoms with Crippen molar-refractivity contribution < 1.29 is 9.47 Å². The predicted molar refractivity (Wildman–Crippen MR) is 69.9 cm³/mol. The molecule has 0 heterocycles. The summed E-state index contributed by atoms with van der Waals surface area (Å²) in [7, 11) is 0. The zero-order chi connectivity index (χ0) is 12.0. The fourth-order valence-electron chi connectivity index (χ4n) is 1.43. The quantitative estimate of drug-likeness (QED) is 0.646. The van der Waals surface area contributed by atoms with E-state index in [4.69, 9.17) is 15.2 Å². The van der Waals surface area contributed by atoms with Gasteiger partial charge in [0.2, 0.25) is 0 Å². The molecule has 4 heteroatoms. The van der Waals surface area contributed by atoms with Gasteiger partial charge in [-0.3, -0.25) is 0 Å². The second-order valence-electron chi connectivity index (χ2n) is 3.54. The van der Waals surface area contributed by atoms with Gasteiger partial charge >= 0.3 is 0 Å². The molecule has 0 aliphatic rings. The number of nitrogen functional groups attached to an aromatic ring is 1. The number of aryl methyl sites for hydroxylation is 1. The van der Waals surface area contributed by atoms with Crippen LogP contribution in [0.4, 0.5) is 5.69 Å². The standard InChI is InChI=1S/C12H18BrNO2/c1-3-15-5-4-6-16-12-9(2)7-10(13)8-11(12)14/h7-8H,3-6,14H2,1-2H3. The van der Waals surface area contributed by atoms with Gasteiger partial charge in [0.1, 0.15) is 5.75 Å². The third-order valence-corrected chi connectivity index (χ3v) is 2.61. The summed E-state index contributed by atoms with van der Waals surface area (Å²) in [5.74, 6) is 0.777. The van der Waals surface area contributed by atoms with E-state index >= 15 is 0 Å². The topological polar surface area (TPSA) is 44.5 Å². The molecule has 0 aromatic heterocycles. The average molecular weight is 288 g/mol. The minimum atomic E-state index is 0.632. The molecule has 1 aromatic carbocycles. The molecule has 0 atom stereocenters. The lowest BCUT2D eigenvalue weighted by molar-refractivity contribution is 0.131. The van der Waals surface area contributed by atoms with Gasteiger partial charge in [0.15, 0.2) is 0 Å². The van der Waals surface area contributed by atoms with Gasteiger partial charge in [0.25, 0.3) is 0 Å². The molecule has 16 heavy (non-hydrogen) atoms. The molecule has 0 aliphatic heterocycles. The Morgan fingerprint density at radius 3 is 2.69 bits per heavy atom. The van der Waals surface area contributed by atoms with E-state index in [1.807, 2.05) is 26.0 Å². The maximum absolute atomic E-state index is 5.88. The van der Waals surface area contributed by atoms with Crippen LogP contribution in [-0.2, 0) is 4.74 Å². The van der Waals surface area contributed by atoms with Crippen molar-refractivity contribution in [1.82, 2.24) is 0 Å². The number of ether oxygens (including phenoxy) is 2. The van der Waals surface area contributed by atoms with Crippen molar-refractivity contribution in [3.05, 3.63) is 22.2 Å². The molecule has 0 saturated heterocycles. The van der Waals surface area contributed by atoms with E-state index in [1.165, 1.54) is 0 Å². The van der Waals surface area contributed by atoms with Crippen molar-refractivity contribution in [3.8, 4) is 5.75 Å². The maximum Gasteiger partial charge on any atom is 0.145 e. The van der Waals surface area contributed by atoms with Crippen LogP contribution in [0.25, 0.3) is 0 Å². The van der Waals surface area contributed by atoms with Crippen LogP contribution in [0, 0.1) is 6.92 Å². The maximum atomic E-state index is 5.88. The van der Waals surface area contributed by atoms with Crippen LogP contribution >= 0.6 is 15.9 Å². The molecule has 1 rings (SSSR count). The lowest BCUT2D eigenvalue weighted by atomic mass is 10.2. The molecular weight excluding hydrogens is 270 g/mol. The first-order valence-electron chi connectivity index (χ1n) is 5.41. The number of rotatable bonds is 6. The van der Waals surface area contributed by atoms with E-state index in [0.29, 0.717) is 12.3 Å². The molecule has 0 spiro atoms. The minimum Gasteiger partial charge on any atom is -0.491 e. The molecule has 1 aromatic rings. The Kier molecular flexibility index (Phi) is 5.63. The SMILES string of the molecule is CCOCCCOc1c(C)cc(Br)cc1N. The highest BCUT2D eigenvalue weighted by Crippen LogP contribution is 2.29. The number of hydrogen-bond donors (Lipinski definition) is 1. The summed E-state index contributed by atoms with van der Waals surface area (Å²) >= 11 is 3.39. The van der Waals surface area contributed by atoms with Crippen molar-refractivity contribution in [3.63, 3.8) is 0 Å². The molecule has 0 aliphatic carbocycles. The Morgan fingerprint density at radius 1 is 1.31 bits per heavy atom. The highest BCUT2D eigenvalue weighted by Gasteiger charge is 2.05. The molecule has 0 radical (unpaired) electrons. The lowest BCUT2D eigenvalue weighted by Crippen LogP contribution is -2.05. The minimum absolute atomic E-state index is 0.632. The number of nitrogens with two attached hydrogens (primary N) is 1. The fraction of sp³-hybridized carbons (Fsp3) is 0.500. The highest BCUT2D eigenvalue weighted by molar-refractivity contribution is 9.10. The van der Waals surface area contributed by atoms with Gasteiger partial charge in [0.05, 0.1) is 12.3 Å². The third kappa shape index (κ3) is 4.02. The van der Waals surface area contributed by atoms with Gasteiger partial charge in [-0.15, -0.1) is 0 Å². The van der Waals surface area contributed by atoms with Crippen LogP contribution in [0.1, 0.15) is 18.9 Å². The molecule has 0 saturated carbocycles. The van der Waals surface area contributed by atoms with Crippen LogP contribution in [0.3, 0.4) is 0 Å². The van der Waals surface area contributed by atoms with Gasteiger partial charge in [-0.05, 0) is 31.5 Å². The Hall–Kier alpha value is -0.740. The van der Waals surface area contributed by atoms with Gasteiger partial charge in [-0.1, -0.05) is 15.9 Å². The molecule has 0 bridgehead atoms. The summed E-state index contributed by atoms with van der Waals surface area (Å²) in [5.41, 5.74) is 7.59.